The zero-order valence-electron chi connectivity index (χ0n) is 16.5. The van der Waals surface area contributed by atoms with Gasteiger partial charge in [-0.15, -0.1) is 10.2 Å². The number of phenolic OH excluding ortho intramolecular Hbond substituents is 4. The Morgan fingerprint density at radius 2 is 1.03 bits per heavy atom. The fourth-order valence-electron chi connectivity index (χ4n) is 2.85. The predicted molar refractivity (Wildman–Crippen MR) is 122 cm³/mol. The monoisotopic (exact) mass is 430 g/mol. The zero-order valence-corrected chi connectivity index (χ0v) is 16.5. The molecule has 0 radical (unpaired) electrons. The van der Waals surface area contributed by atoms with E-state index in [4.69, 9.17) is 0 Å². The molecule has 0 amide bonds. The Morgan fingerprint density at radius 1 is 0.594 bits per heavy atom. The smallest absolute Gasteiger partial charge is 0.176 e. The second-order valence-electron chi connectivity index (χ2n) is 6.68. The van der Waals surface area contributed by atoms with Gasteiger partial charge in [-0.2, -0.15) is 10.2 Å². The van der Waals surface area contributed by atoms with Crippen LogP contribution in [0.3, 0.4) is 0 Å². The van der Waals surface area contributed by atoms with Crippen LogP contribution in [-0.2, 0) is 0 Å². The normalized spacial score (nSPS) is 11.4. The van der Waals surface area contributed by atoms with Crippen molar-refractivity contribution >= 4 is 34.8 Å². The first-order valence-electron chi connectivity index (χ1n) is 9.39. The number of hydrogen-bond acceptors (Lipinski definition) is 10. The van der Waals surface area contributed by atoms with Crippen LogP contribution in [0.2, 0.25) is 0 Å². The summed E-state index contributed by atoms with van der Waals surface area (Å²) in [6, 6.07) is 16.1. The van der Waals surface area contributed by atoms with Crippen molar-refractivity contribution < 1.29 is 20.4 Å². The van der Waals surface area contributed by atoms with Crippen LogP contribution in [0.15, 0.2) is 70.9 Å². The van der Waals surface area contributed by atoms with Crippen molar-refractivity contribution in [3.8, 4) is 23.0 Å². The van der Waals surface area contributed by atoms with E-state index in [1.165, 1.54) is 36.7 Å². The third kappa shape index (κ3) is 4.49. The second kappa shape index (κ2) is 8.88. The van der Waals surface area contributed by atoms with Gasteiger partial charge in [0.25, 0.3) is 0 Å². The summed E-state index contributed by atoms with van der Waals surface area (Å²) < 4.78 is 0. The van der Waals surface area contributed by atoms with Crippen molar-refractivity contribution in [1.82, 2.24) is 10.2 Å². The maximum atomic E-state index is 9.56. The molecule has 3 aromatic carbocycles. The van der Waals surface area contributed by atoms with Crippen molar-refractivity contribution in [1.29, 1.82) is 0 Å². The van der Waals surface area contributed by atoms with Gasteiger partial charge in [0, 0.05) is 10.8 Å². The Balaban J connectivity index is 1.53. The summed E-state index contributed by atoms with van der Waals surface area (Å²) in [4.78, 5) is 0. The van der Waals surface area contributed by atoms with Crippen molar-refractivity contribution in [3.63, 3.8) is 0 Å². The summed E-state index contributed by atoms with van der Waals surface area (Å²) in [7, 11) is 0. The van der Waals surface area contributed by atoms with Gasteiger partial charge >= 0.3 is 0 Å². The highest BCUT2D eigenvalue weighted by Gasteiger charge is 2.08. The Morgan fingerprint density at radius 3 is 1.44 bits per heavy atom. The molecule has 0 saturated carbocycles. The lowest BCUT2D eigenvalue weighted by Gasteiger charge is -2.08. The molecule has 10 heteroatoms. The largest absolute Gasteiger partial charge is 0.504 e. The molecule has 0 saturated heterocycles. The Hall–Kier alpha value is -4.86. The number of anilines is 2. The highest BCUT2D eigenvalue weighted by molar-refractivity contribution is 5.98. The third-order valence-electron chi connectivity index (χ3n) is 4.45. The van der Waals surface area contributed by atoms with Gasteiger partial charge in [0.05, 0.1) is 12.4 Å². The quantitative estimate of drug-likeness (QED) is 0.155. The van der Waals surface area contributed by atoms with Crippen LogP contribution in [0, 0.1) is 0 Å². The molecule has 0 fully saturated rings. The topological polar surface area (TPSA) is 155 Å². The maximum absolute atomic E-state index is 9.56. The number of aromatic nitrogens is 2. The average molecular weight is 430 g/mol. The molecule has 0 bridgehead atoms. The fourth-order valence-corrected chi connectivity index (χ4v) is 2.85. The molecule has 0 atom stereocenters. The highest BCUT2D eigenvalue weighted by atomic mass is 16.3. The molecular weight excluding hydrogens is 412 g/mol. The minimum absolute atomic E-state index is 0.208. The molecule has 6 N–H and O–H groups in total. The van der Waals surface area contributed by atoms with E-state index < -0.39 is 0 Å². The highest BCUT2D eigenvalue weighted by Crippen LogP contribution is 2.27. The number of aromatic hydroxyl groups is 4. The van der Waals surface area contributed by atoms with Crippen molar-refractivity contribution in [2.75, 3.05) is 10.9 Å². The summed E-state index contributed by atoms with van der Waals surface area (Å²) in [6.45, 7) is 0. The average Bonchev–Trinajstić information content (AvgIpc) is 2.79. The lowest BCUT2D eigenvalue weighted by atomic mass is 10.2. The molecule has 1 aromatic heterocycles. The summed E-state index contributed by atoms with van der Waals surface area (Å²) in [5.41, 5.74) is 6.81. The van der Waals surface area contributed by atoms with Crippen molar-refractivity contribution in [2.24, 2.45) is 10.2 Å². The maximum Gasteiger partial charge on any atom is 0.176 e. The van der Waals surface area contributed by atoms with Crippen LogP contribution in [0.1, 0.15) is 11.1 Å². The van der Waals surface area contributed by atoms with E-state index in [0.717, 1.165) is 10.8 Å². The number of nitrogens with one attached hydrogen (secondary N) is 2. The van der Waals surface area contributed by atoms with E-state index in [1.54, 1.807) is 12.1 Å². The number of fused-ring (bicyclic) bond motifs is 1. The van der Waals surface area contributed by atoms with Gasteiger partial charge in [0.15, 0.2) is 34.6 Å². The molecule has 0 aliphatic rings. The van der Waals surface area contributed by atoms with E-state index in [0.29, 0.717) is 22.8 Å². The predicted octanol–water partition coefficient (Wildman–Crippen LogP) is 3.34. The first-order chi connectivity index (χ1) is 15.5. The summed E-state index contributed by atoms with van der Waals surface area (Å²) in [5, 5.41) is 55.9. The van der Waals surface area contributed by atoms with Gasteiger partial charge in [0.2, 0.25) is 0 Å². The van der Waals surface area contributed by atoms with Crippen LogP contribution in [0.5, 0.6) is 23.0 Å². The number of hydrazone groups is 2. The Bertz CT molecular complexity index is 1240. The van der Waals surface area contributed by atoms with Crippen LogP contribution in [0.4, 0.5) is 11.6 Å². The van der Waals surface area contributed by atoms with Crippen LogP contribution in [0.25, 0.3) is 10.8 Å². The number of hydrogen-bond donors (Lipinski definition) is 6. The van der Waals surface area contributed by atoms with Gasteiger partial charge in [-0.05, 0) is 47.5 Å². The van der Waals surface area contributed by atoms with Gasteiger partial charge in [0.1, 0.15) is 0 Å². The van der Waals surface area contributed by atoms with E-state index in [2.05, 4.69) is 31.3 Å². The molecule has 0 spiro atoms. The lowest BCUT2D eigenvalue weighted by molar-refractivity contribution is 0.403. The lowest BCUT2D eigenvalue weighted by Crippen LogP contribution is -2.01. The van der Waals surface area contributed by atoms with Gasteiger partial charge in [-0.3, -0.25) is 10.9 Å². The number of rotatable bonds is 6. The molecule has 10 nitrogen and oxygen atoms in total. The van der Waals surface area contributed by atoms with Crippen LogP contribution >= 0.6 is 0 Å². The van der Waals surface area contributed by atoms with Gasteiger partial charge < -0.3 is 20.4 Å². The number of nitrogens with zero attached hydrogens (tertiary/aromatic N) is 4. The molecule has 1 heterocycles. The summed E-state index contributed by atoms with van der Waals surface area (Å²) in [6.07, 6.45) is 2.94. The van der Waals surface area contributed by atoms with E-state index in [9.17, 15) is 20.4 Å². The second-order valence-corrected chi connectivity index (χ2v) is 6.68. The zero-order chi connectivity index (χ0) is 22.5. The molecular formula is C22H18N6O4. The van der Waals surface area contributed by atoms with Gasteiger partial charge in [-0.25, -0.2) is 0 Å². The Labute approximate surface area is 181 Å². The number of benzene rings is 3. The third-order valence-corrected chi connectivity index (χ3v) is 4.45. The standard InChI is InChI=1S/C22H18N6O4/c29-17-7-5-13(9-19(17)31)11-23-25-21-15-3-1-2-4-16(15)22(28-27-21)26-24-12-14-6-8-18(30)20(32)10-14/h1-12,29-32H,(H,25,27)(H,26,28). The number of phenols is 4. The first kappa shape index (κ1) is 20.4. The molecule has 0 unspecified atom stereocenters. The molecule has 0 aliphatic carbocycles. The van der Waals surface area contributed by atoms with E-state index >= 15 is 0 Å². The molecule has 4 aromatic rings. The van der Waals surface area contributed by atoms with Gasteiger partial charge in [-0.1, -0.05) is 24.3 Å². The van der Waals surface area contributed by atoms with E-state index in [-0.39, 0.29) is 23.0 Å². The van der Waals surface area contributed by atoms with Crippen LogP contribution in [-0.4, -0.2) is 43.1 Å². The summed E-state index contributed by atoms with van der Waals surface area (Å²) in [5.74, 6) is -0.0640. The minimum atomic E-state index is -0.238. The van der Waals surface area contributed by atoms with Crippen molar-refractivity contribution in [2.45, 2.75) is 0 Å². The molecule has 32 heavy (non-hydrogen) atoms. The van der Waals surface area contributed by atoms with Crippen molar-refractivity contribution in [3.05, 3.63) is 71.8 Å². The van der Waals surface area contributed by atoms with E-state index in [1.807, 2.05) is 24.3 Å². The summed E-state index contributed by atoms with van der Waals surface area (Å²) >= 11 is 0. The SMILES string of the molecule is Oc1ccc(C=NNc2nnc(NN=Cc3ccc(O)c(O)c3)c3ccccc23)cc1O. The Kier molecular flexibility index (Phi) is 5.66. The van der Waals surface area contributed by atoms with Crippen LogP contribution < -0.4 is 10.9 Å². The molecule has 4 rings (SSSR count). The molecule has 160 valence electrons. The molecule has 0 aliphatic heterocycles. The fraction of sp³-hybridized carbons (Fsp3) is 0. The minimum Gasteiger partial charge on any atom is -0.504 e. The first-order valence-corrected chi connectivity index (χ1v) is 9.39.